The third-order valence-corrected chi connectivity index (χ3v) is 6.43. The minimum absolute atomic E-state index is 0.00738. The maximum absolute atomic E-state index is 12.9. The van der Waals surface area contributed by atoms with Gasteiger partial charge in [-0.05, 0) is 75.1 Å². The second kappa shape index (κ2) is 9.07. The molecule has 1 aromatic heterocycles. The largest absolute Gasteiger partial charge is 0.494 e. The fraction of sp³-hybridized carbons (Fsp3) is 0.520. The Balaban J connectivity index is 1.51. The summed E-state index contributed by atoms with van der Waals surface area (Å²) in [5, 5.41) is 0. The zero-order chi connectivity index (χ0) is 21.1. The van der Waals surface area contributed by atoms with Crippen LogP contribution in [0.2, 0.25) is 0 Å². The van der Waals surface area contributed by atoms with Crippen LogP contribution in [0.5, 0.6) is 5.75 Å². The zero-order valence-corrected chi connectivity index (χ0v) is 18.0. The first-order valence-corrected chi connectivity index (χ1v) is 11.2. The van der Waals surface area contributed by atoms with Gasteiger partial charge < -0.3 is 14.5 Å². The number of aromatic nitrogens is 1. The van der Waals surface area contributed by atoms with Gasteiger partial charge in [0.1, 0.15) is 17.5 Å². The smallest absolute Gasteiger partial charge is 0.355 e. The van der Waals surface area contributed by atoms with E-state index in [1.165, 1.54) is 12.8 Å². The van der Waals surface area contributed by atoms with Gasteiger partial charge in [0.2, 0.25) is 0 Å². The number of benzene rings is 1. The number of rotatable bonds is 5. The molecule has 1 aromatic carbocycles. The standard InChI is InChI=1S/C25H31NO4/c1-3-29-19-12-10-17(11-13-19)18-14-21-23(22(27)15-18)16(2)24(26-21)25(28)30-20-8-6-4-5-7-9-20/h10-13,18,20,26H,3-9,14-15H2,1-2H3/t18-/m0/s1. The highest BCUT2D eigenvalue weighted by atomic mass is 16.5. The summed E-state index contributed by atoms with van der Waals surface area (Å²) in [7, 11) is 0. The van der Waals surface area contributed by atoms with Gasteiger partial charge in [-0.25, -0.2) is 4.79 Å². The Hall–Kier alpha value is -2.56. The zero-order valence-electron chi connectivity index (χ0n) is 18.0. The highest BCUT2D eigenvalue weighted by Gasteiger charge is 2.33. The second-order valence-corrected chi connectivity index (χ2v) is 8.53. The van der Waals surface area contributed by atoms with Crippen molar-refractivity contribution in [2.24, 2.45) is 0 Å². The SMILES string of the molecule is CCOc1ccc([C@@H]2CC(=O)c3c([nH]c(C(=O)OC4CCCCCC4)c3C)C2)cc1. The Morgan fingerprint density at radius 2 is 1.77 bits per heavy atom. The number of esters is 1. The van der Waals surface area contributed by atoms with Crippen LogP contribution >= 0.6 is 0 Å². The van der Waals surface area contributed by atoms with Crippen molar-refractivity contribution < 1.29 is 19.1 Å². The van der Waals surface area contributed by atoms with Crippen molar-refractivity contribution in [1.29, 1.82) is 0 Å². The number of carbonyl (C=O) groups is 2. The van der Waals surface area contributed by atoms with Crippen LogP contribution in [0.3, 0.4) is 0 Å². The van der Waals surface area contributed by atoms with E-state index >= 15 is 0 Å². The van der Waals surface area contributed by atoms with Gasteiger partial charge >= 0.3 is 5.97 Å². The van der Waals surface area contributed by atoms with Gasteiger partial charge in [-0.15, -0.1) is 0 Å². The number of ketones is 1. The molecule has 2 aliphatic rings. The minimum atomic E-state index is -0.320. The lowest BCUT2D eigenvalue weighted by atomic mass is 9.81. The van der Waals surface area contributed by atoms with Gasteiger partial charge in [0.25, 0.3) is 0 Å². The number of Topliss-reactive ketones (excluding diaryl/α,β-unsaturated/α-hetero) is 1. The van der Waals surface area contributed by atoms with Crippen molar-refractivity contribution in [2.75, 3.05) is 6.61 Å². The molecule has 0 unspecified atom stereocenters. The van der Waals surface area contributed by atoms with Crippen LogP contribution in [0.15, 0.2) is 24.3 Å². The summed E-state index contributed by atoms with van der Waals surface area (Å²) >= 11 is 0. The summed E-state index contributed by atoms with van der Waals surface area (Å²) < 4.78 is 11.3. The summed E-state index contributed by atoms with van der Waals surface area (Å²) in [6, 6.07) is 7.97. The number of aromatic amines is 1. The van der Waals surface area contributed by atoms with E-state index in [9.17, 15) is 9.59 Å². The molecule has 4 rings (SSSR count). The average Bonchev–Trinajstić information content (AvgIpc) is 2.89. The van der Waals surface area contributed by atoms with E-state index in [4.69, 9.17) is 9.47 Å². The van der Waals surface area contributed by atoms with Gasteiger partial charge in [0.05, 0.1) is 6.61 Å². The number of carbonyl (C=O) groups excluding carboxylic acids is 2. The van der Waals surface area contributed by atoms with Crippen molar-refractivity contribution in [2.45, 2.75) is 77.2 Å². The molecule has 0 saturated heterocycles. The van der Waals surface area contributed by atoms with Crippen LogP contribution in [0, 0.1) is 6.92 Å². The van der Waals surface area contributed by atoms with Crippen molar-refractivity contribution in [3.63, 3.8) is 0 Å². The molecule has 0 spiro atoms. The summed E-state index contributed by atoms with van der Waals surface area (Å²) in [4.78, 5) is 29.0. The Kier molecular flexibility index (Phi) is 6.26. The molecule has 5 nitrogen and oxygen atoms in total. The summed E-state index contributed by atoms with van der Waals surface area (Å²) in [6.45, 7) is 4.45. The Morgan fingerprint density at radius 3 is 2.43 bits per heavy atom. The highest BCUT2D eigenvalue weighted by Crippen LogP contribution is 2.36. The lowest BCUT2D eigenvalue weighted by Crippen LogP contribution is -2.18. The molecule has 0 amide bonds. The molecular weight excluding hydrogens is 378 g/mol. The number of ether oxygens (including phenoxy) is 2. The van der Waals surface area contributed by atoms with Gasteiger partial charge in [-0.2, -0.15) is 0 Å². The maximum atomic E-state index is 12.9. The number of fused-ring (bicyclic) bond motifs is 1. The van der Waals surface area contributed by atoms with Crippen molar-refractivity contribution in [3.05, 3.63) is 52.3 Å². The normalized spacial score (nSPS) is 19.8. The summed E-state index contributed by atoms with van der Waals surface area (Å²) in [5.74, 6) is 0.712. The summed E-state index contributed by atoms with van der Waals surface area (Å²) in [6.07, 6.45) is 7.68. The first-order chi connectivity index (χ1) is 14.6. The quantitative estimate of drug-likeness (QED) is 0.522. The topological polar surface area (TPSA) is 68.4 Å². The van der Waals surface area contributed by atoms with Crippen molar-refractivity contribution >= 4 is 11.8 Å². The van der Waals surface area contributed by atoms with E-state index in [0.717, 1.165) is 48.3 Å². The first-order valence-electron chi connectivity index (χ1n) is 11.2. The van der Waals surface area contributed by atoms with E-state index in [0.29, 0.717) is 30.7 Å². The molecule has 1 N–H and O–H groups in total. The van der Waals surface area contributed by atoms with E-state index in [2.05, 4.69) is 4.98 Å². The van der Waals surface area contributed by atoms with Gasteiger partial charge in [0.15, 0.2) is 5.78 Å². The molecule has 1 atom stereocenters. The third-order valence-electron chi connectivity index (χ3n) is 6.43. The molecule has 0 radical (unpaired) electrons. The molecule has 1 fully saturated rings. The fourth-order valence-corrected chi connectivity index (χ4v) is 4.85. The summed E-state index contributed by atoms with van der Waals surface area (Å²) in [5.41, 5.74) is 3.84. The van der Waals surface area contributed by atoms with Crippen LogP contribution in [-0.2, 0) is 11.2 Å². The molecule has 0 aliphatic heterocycles. The fourth-order valence-electron chi connectivity index (χ4n) is 4.85. The van der Waals surface area contributed by atoms with E-state index in [1.54, 1.807) is 0 Å². The average molecular weight is 410 g/mol. The molecular formula is C25H31NO4. The van der Waals surface area contributed by atoms with Gasteiger partial charge in [-0.1, -0.05) is 25.0 Å². The number of hydrogen-bond acceptors (Lipinski definition) is 4. The van der Waals surface area contributed by atoms with Crippen LogP contribution < -0.4 is 4.74 Å². The second-order valence-electron chi connectivity index (χ2n) is 8.53. The molecule has 1 saturated carbocycles. The van der Waals surface area contributed by atoms with Crippen molar-refractivity contribution in [3.8, 4) is 5.75 Å². The Bertz CT molecular complexity index is 904. The molecule has 5 heteroatoms. The molecule has 0 bridgehead atoms. The van der Waals surface area contributed by atoms with Crippen LogP contribution in [0.25, 0.3) is 0 Å². The van der Waals surface area contributed by atoms with E-state index in [-0.39, 0.29) is 23.8 Å². The molecule has 2 aromatic rings. The predicted molar refractivity (Wildman–Crippen MR) is 115 cm³/mol. The Labute approximate surface area is 178 Å². The monoisotopic (exact) mass is 409 g/mol. The molecule has 2 aliphatic carbocycles. The highest BCUT2D eigenvalue weighted by molar-refractivity contribution is 6.03. The first kappa shape index (κ1) is 20.7. The lowest BCUT2D eigenvalue weighted by Gasteiger charge is -2.22. The Morgan fingerprint density at radius 1 is 1.07 bits per heavy atom. The number of nitrogens with one attached hydrogen (secondary N) is 1. The van der Waals surface area contributed by atoms with Crippen LogP contribution in [-0.4, -0.2) is 29.4 Å². The van der Waals surface area contributed by atoms with Gasteiger partial charge in [0, 0.05) is 17.7 Å². The van der Waals surface area contributed by atoms with Gasteiger partial charge in [-0.3, -0.25) is 4.79 Å². The number of H-pyrrole nitrogens is 1. The maximum Gasteiger partial charge on any atom is 0.355 e. The third kappa shape index (κ3) is 4.30. The molecule has 1 heterocycles. The predicted octanol–water partition coefficient (Wildman–Crippen LogP) is 5.51. The minimum Gasteiger partial charge on any atom is -0.494 e. The molecule has 160 valence electrons. The van der Waals surface area contributed by atoms with Crippen molar-refractivity contribution in [1.82, 2.24) is 4.98 Å². The van der Waals surface area contributed by atoms with Crippen LogP contribution in [0.4, 0.5) is 0 Å². The lowest BCUT2D eigenvalue weighted by molar-refractivity contribution is 0.0260. The molecule has 30 heavy (non-hydrogen) atoms. The van der Waals surface area contributed by atoms with E-state index in [1.807, 2.05) is 38.1 Å². The van der Waals surface area contributed by atoms with E-state index < -0.39 is 0 Å². The number of hydrogen-bond donors (Lipinski definition) is 1. The van der Waals surface area contributed by atoms with Crippen LogP contribution in [0.1, 0.15) is 95.5 Å².